The molecule has 2 aromatic rings. The Morgan fingerprint density at radius 1 is 1.04 bits per heavy atom. The van der Waals surface area contributed by atoms with Crippen LogP contribution in [-0.2, 0) is 11.4 Å². The van der Waals surface area contributed by atoms with Crippen LogP contribution in [0.25, 0.3) is 0 Å². The number of hydrogen-bond donors (Lipinski definition) is 1. The van der Waals surface area contributed by atoms with Gasteiger partial charge in [-0.25, -0.2) is 0 Å². The molecule has 1 N–H and O–H groups in total. The molecule has 1 aliphatic carbocycles. The molecule has 0 atom stereocenters. The minimum atomic E-state index is -0.118. The third-order valence-corrected chi connectivity index (χ3v) is 4.97. The third kappa shape index (κ3) is 4.92. The standard InChI is InChI=1S/C21H25N3O4/c25-20(22-16-6-7-16)14-23-10-12-24(13-11-23)21(26)19-9-8-18(28-19)15-27-17-4-2-1-3-5-17/h1-5,8-9,16H,6-7,10-15H2,(H,22,25). The summed E-state index contributed by atoms with van der Waals surface area (Å²) < 4.78 is 11.3. The summed E-state index contributed by atoms with van der Waals surface area (Å²) in [5, 5.41) is 3.00. The van der Waals surface area contributed by atoms with Crippen LogP contribution in [0.2, 0.25) is 0 Å². The maximum atomic E-state index is 12.7. The quantitative estimate of drug-likeness (QED) is 0.790. The highest BCUT2D eigenvalue weighted by molar-refractivity contribution is 5.91. The Morgan fingerprint density at radius 2 is 1.79 bits per heavy atom. The third-order valence-electron chi connectivity index (χ3n) is 4.97. The molecule has 2 heterocycles. The number of carbonyl (C=O) groups excluding carboxylic acids is 2. The van der Waals surface area contributed by atoms with Gasteiger partial charge in [0, 0.05) is 32.2 Å². The molecule has 0 radical (unpaired) electrons. The number of nitrogens with zero attached hydrogens (tertiary/aromatic N) is 2. The number of nitrogens with one attached hydrogen (secondary N) is 1. The summed E-state index contributed by atoms with van der Waals surface area (Å²) in [4.78, 5) is 28.4. The van der Waals surface area contributed by atoms with Crippen molar-refractivity contribution in [1.82, 2.24) is 15.1 Å². The largest absolute Gasteiger partial charge is 0.486 e. The summed E-state index contributed by atoms with van der Waals surface area (Å²) in [6.45, 7) is 3.24. The van der Waals surface area contributed by atoms with Gasteiger partial charge in [-0.1, -0.05) is 18.2 Å². The number of ether oxygens (including phenoxy) is 1. The van der Waals surface area contributed by atoms with Gasteiger partial charge in [0.15, 0.2) is 5.76 Å². The van der Waals surface area contributed by atoms with Crippen LogP contribution < -0.4 is 10.1 Å². The van der Waals surface area contributed by atoms with Gasteiger partial charge in [-0.05, 0) is 37.1 Å². The SMILES string of the molecule is O=C(CN1CCN(C(=O)c2ccc(COc3ccccc3)o2)CC1)NC1CC1. The van der Waals surface area contributed by atoms with Crippen LogP contribution >= 0.6 is 0 Å². The summed E-state index contributed by atoms with van der Waals surface area (Å²) in [5.41, 5.74) is 0. The van der Waals surface area contributed by atoms with Gasteiger partial charge in [0.2, 0.25) is 5.91 Å². The van der Waals surface area contributed by atoms with Crippen molar-refractivity contribution in [2.45, 2.75) is 25.5 Å². The number of rotatable bonds is 7. The fourth-order valence-electron chi connectivity index (χ4n) is 3.21. The van der Waals surface area contributed by atoms with Crippen molar-refractivity contribution in [1.29, 1.82) is 0 Å². The predicted molar refractivity (Wildman–Crippen MR) is 103 cm³/mol. The van der Waals surface area contributed by atoms with Crippen molar-refractivity contribution in [2.24, 2.45) is 0 Å². The van der Waals surface area contributed by atoms with Crippen LogP contribution in [0.15, 0.2) is 46.9 Å². The molecule has 0 spiro atoms. The molecule has 7 heteroatoms. The van der Waals surface area contributed by atoms with Crippen LogP contribution in [-0.4, -0.2) is 60.4 Å². The van der Waals surface area contributed by atoms with E-state index in [9.17, 15) is 9.59 Å². The van der Waals surface area contributed by atoms with Crippen molar-refractivity contribution >= 4 is 11.8 Å². The average Bonchev–Trinajstić information content (AvgIpc) is 3.40. The van der Waals surface area contributed by atoms with E-state index in [0.717, 1.165) is 18.6 Å². The van der Waals surface area contributed by atoms with Gasteiger partial charge in [-0.3, -0.25) is 14.5 Å². The van der Waals surface area contributed by atoms with Gasteiger partial charge < -0.3 is 19.4 Å². The molecular formula is C21H25N3O4. The maximum Gasteiger partial charge on any atom is 0.289 e. The van der Waals surface area contributed by atoms with Crippen LogP contribution in [0, 0.1) is 0 Å². The number of carbonyl (C=O) groups is 2. The minimum Gasteiger partial charge on any atom is -0.486 e. The second kappa shape index (κ2) is 8.48. The van der Waals surface area contributed by atoms with Gasteiger partial charge in [0.05, 0.1) is 6.54 Å². The molecule has 0 unspecified atom stereocenters. The average molecular weight is 383 g/mol. The Bertz CT molecular complexity index is 808. The summed E-state index contributed by atoms with van der Waals surface area (Å²) in [5.74, 6) is 1.66. The number of benzene rings is 1. The monoisotopic (exact) mass is 383 g/mol. The van der Waals surface area contributed by atoms with E-state index in [-0.39, 0.29) is 18.4 Å². The fraction of sp³-hybridized carbons (Fsp3) is 0.429. The number of piperazine rings is 1. The Balaban J connectivity index is 1.23. The Hall–Kier alpha value is -2.80. The smallest absolute Gasteiger partial charge is 0.289 e. The molecular weight excluding hydrogens is 358 g/mol. The van der Waals surface area contributed by atoms with E-state index in [2.05, 4.69) is 10.2 Å². The van der Waals surface area contributed by atoms with E-state index in [0.29, 0.717) is 50.3 Å². The molecule has 1 aromatic heterocycles. The highest BCUT2D eigenvalue weighted by Crippen LogP contribution is 2.19. The minimum absolute atomic E-state index is 0.0800. The summed E-state index contributed by atoms with van der Waals surface area (Å²) in [6, 6.07) is 13.3. The number of furan rings is 1. The number of para-hydroxylation sites is 1. The first kappa shape index (κ1) is 18.6. The van der Waals surface area contributed by atoms with E-state index in [1.807, 2.05) is 30.3 Å². The molecule has 0 bridgehead atoms. The van der Waals surface area contributed by atoms with Crippen LogP contribution in [0.3, 0.4) is 0 Å². The summed E-state index contributed by atoms with van der Waals surface area (Å²) >= 11 is 0. The molecule has 148 valence electrons. The molecule has 2 aliphatic rings. The number of hydrogen-bond acceptors (Lipinski definition) is 5. The lowest BCUT2D eigenvalue weighted by molar-refractivity contribution is -0.122. The van der Waals surface area contributed by atoms with Gasteiger partial charge >= 0.3 is 0 Å². The summed E-state index contributed by atoms with van der Waals surface area (Å²) in [7, 11) is 0. The van der Waals surface area contributed by atoms with Gasteiger partial charge in [0.1, 0.15) is 18.1 Å². The Labute approximate surface area is 164 Å². The normalized spacial score (nSPS) is 17.4. The zero-order valence-electron chi connectivity index (χ0n) is 15.8. The van der Waals surface area contributed by atoms with Gasteiger partial charge in [-0.2, -0.15) is 0 Å². The molecule has 4 rings (SSSR count). The first-order valence-corrected chi connectivity index (χ1v) is 9.75. The van der Waals surface area contributed by atoms with E-state index in [1.165, 1.54) is 0 Å². The van der Waals surface area contributed by atoms with Crippen molar-refractivity contribution in [3.63, 3.8) is 0 Å². The second-order valence-corrected chi connectivity index (χ2v) is 7.28. The lowest BCUT2D eigenvalue weighted by Gasteiger charge is -2.33. The van der Waals surface area contributed by atoms with Crippen molar-refractivity contribution in [2.75, 3.05) is 32.7 Å². The molecule has 1 saturated carbocycles. The zero-order chi connectivity index (χ0) is 19.3. The van der Waals surface area contributed by atoms with E-state index in [4.69, 9.17) is 9.15 Å². The molecule has 28 heavy (non-hydrogen) atoms. The first-order valence-electron chi connectivity index (χ1n) is 9.75. The highest BCUT2D eigenvalue weighted by Gasteiger charge is 2.27. The van der Waals surface area contributed by atoms with Gasteiger partial charge in [-0.15, -0.1) is 0 Å². The second-order valence-electron chi connectivity index (χ2n) is 7.28. The summed E-state index contributed by atoms with van der Waals surface area (Å²) in [6.07, 6.45) is 2.19. The van der Waals surface area contributed by atoms with Crippen LogP contribution in [0.1, 0.15) is 29.2 Å². The Kier molecular flexibility index (Phi) is 5.62. The highest BCUT2D eigenvalue weighted by atomic mass is 16.5. The molecule has 2 amide bonds. The van der Waals surface area contributed by atoms with Crippen molar-refractivity contribution in [3.05, 3.63) is 54.0 Å². The lowest BCUT2D eigenvalue weighted by atomic mass is 10.3. The lowest BCUT2D eigenvalue weighted by Crippen LogP contribution is -2.51. The van der Waals surface area contributed by atoms with E-state index >= 15 is 0 Å². The van der Waals surface area contributed by atoms with Crippen LogP contribution in [0.4, 0.5) is 0 Å². The molecule has 1 saturated heterocycles. The maximum absolute atomic E-state index is 12.7. The van der Waals surface area contributed by atoms with Crippen LogP contribution in [0.5, 0.6) is 5.75 Å². The Morgan fingerprint density at radius 3 is 2.50 bits per heavy atom. The molecule has 7 nitrogen and oxygen atoms in total. The first-order chi connectivity index (χ1) is 13.7. The van der Waals surface area contributed by atoms with E-state index < -0.39 is 0 Å². The fourth-order valence-corrected chi connectivity index (χ4v) is 3.21. The molecule has 1 aliphatic heterocycles. The molecule has 1 aromatic carbocycles. The number of amides is 2. The predicted octanol–water partition coefficient (Wildman–Crippen LogP) is 1.90. The zero-order valence-corrected chi connectivity index (χ0v) is 15.8. The van der Waals surface area contributed by atoms with Crippen molar-refractivity contribution < 1.29 is 18.7 Å². The van der Waals surface area contributed by atoms with Crippen molar-refractivity contribution in [3.8, 4) is 5.75 Å². The molecule has 2 fully saturated rings. The van der Waals surface area contributed by atoms with E-state index in [1.54, 1.807) is 17.0 Å². The van der Waals surface area contributed by atoms with Gasteiger partial charge in [0.25, 0.3) is 5.91 Å². The topological polar surface area (TPSA) is 75.0 Å².